The van der Waals surface area contributed by atoms with Gasteiger partial charge in [-0.2, -0.15) is 4.98 Å². The predicted octanol–water partition coefficient (Wildman–Crippen LogP) is 4.38. The van der Waals surface area contributed by atoms with E-state index in [2.05, 4.69) is 25.6 Å². The monoisotopic (exact) mass is 389 g/mol. The highest BCUT2D eigenvalue weighted by atomic mass is 35.5. The molecule has 0 bridgehead atoms. The molecule has 0 atom stereocenters. The van der Waals surface area contributed by atoms with Gasteiger partial charge in [0.15, 0.2) is 0 Å². The topological polar surface area (TPSA) is 83.0 Å². The lowest BCUT2D eigenvalue weighted by molar-refractivity contribution is 0.292. The van der Waals surface area contributed by atoms with Gasteiger partial charge in [-0.05, 0) is 36.8 Å². The Kier molecular flexibility index (Phi) is 6.22. The molecule has 0 amide bonds. The van der Waals surface area contributed by atoms with E-state index in [1.807, 2.05) is 18.2 Å². The van der Waals surface area contributed by atoms with Gasteiger partial charge in [-0.15, -0.1) is 0 Å². The number of pyridine rings is 1. The first kappa shape index (κ1) is 18.4. The SMILES string of the molecule is OCCCNc1nc(Nc2cc(Cl)ccc2Cl)cc(-c2ccccn2)n1. The fraction of sp³-hybridized carbons (Fsp3) is 0.167. The van der Waals surface area contributed by atoms with Crippen LogP contribution in [0.5, 0.6) is 0 Å². The van der Waals surface area contributed by atoms with Crippen molar-refractivity contribution in [2.45, 2.75) is 6.42 Å². The summed E-state index contributed by atoms with van der Waals surface area (Å²) in [4.78, 5) is 13.3. The average molecular weight is 390 g/mol. The summed E-state index contributed by atoms with van der Waals surface area (Å²) in [6.07, 6.45) is 2.30. The molecule has 2 aromatic heterocycles. The Morgan fingerprint density at radius 3 is 2.65 bits per heavy atom. The van der Waals surface area contributed by atoms with Crippen molar-refractivity contribution in [3.8, 4) is 11.4 Å². The molecule has 26 heavy (non-hydrogen) atoms. The Hall–Kier alpha value is -2.41. The van der Waals surface area contributed by atoms with E-state index >= 15 is 0 Å². The number of hydrogen-bond donors (Lipinski definition) is 3. The summed E-state index contributed by atoms with van der Waals surface area (Å²) < 4.78 is 0. The second-order valence-electron chi connectivity index (χ2n) is 5.43. The number of nitrogens with one attached hydrogen (secondary N) is 2. The molecule has 8 heteroatoms. The highest BCUT2D eigenvalue weighted by Gasteiger charge is 2.09. The zero-order valence-electron chi connectivity index (χ0n) is 13.8. The molecule has 3 rings (SSSR count). The molecule has 134 valence electrons. The van der Waals surface area contributed by atoms with E-state index in [0.29, 0.717) is 46.2 Å². The third-order valence-electron chi connectivity index (χ3n) is 3.46. The normalized spacial score (nSPS) is 10.6. The summed E-state index contributed by atoms with van der Waals surface area (Å²) in [6, 6.07) is 12.6. The Morgan fingerprint density at radius 2 is 1.88 bits per heavy atom. The largest absolute Gasteiger partial charge is 0.396 e. The minimum Gasteiger partial charge on any atom is -0.396 e. The van der Waals surface area contributed by atoms with E-state index in [1.165, 1.54) is 0 Å². The Balaban J connectivity index is 1.95. The van der Waals surface area contributed by atoms with Crippen molar-refractivity contribution < 1.29 is 5.11 Å². The van der Waals surface area contributed by atoms with Crippen LogP contribution in [-0.2, 0) is 0 Å². The molecular weight excluding hydrogens is 373 g/mol. The van der Waals surface area contributed by atoms with Gasteiger partial charge >= 0.3 is 0 Å². The van der Waals surface area contributed by atoms with Gasteiger partial charge in [0.1, 0.15) is 5.82 Å². The number of anilines is 3. The van der Waals surface area contributed by atoms with Gasteiger partial charge in [0.25, 0.3) is 0 Å². The molecule has 0 saturated carbocycles. The Morgan fingerprint density at radius 1 is 1.00 bits per heavy atom. The van der Waals surface area contributed by atoms with E-state index in [-0.39, 0.29) is 6.61 Å². The highest BCUT2D eigenvalue weighted by molar-refractivity contribution is 6.35. The van der Waals surface area contributed by atoms with Crippen molar-refractivity contribution in [2.24, 2.45) is 0 Å². The number of benzene rings is 1. The first-order chi connectivity index (χ1) is 12.7. The second-order valence-corrected chi connectivity index (χ2v) is 6.27. The van der Waals surface area contributed by atoms with Crippen molar-refractivity contribution in [3.05, 3.63) is 58.7 Å². The average Bonchev–Trinajstić information content (AvgIpc) is 2.65. The van der Waals surface area contributed by atoms with Gasteiger partial charge in [-0.1, -0.05) is 29.3 Å². The maximum absolute atomic E-state index is 8.95. The highest BCUT2D eigenvalue weighted by Crippen LogP contribution is 2.29. The number of aliphatic hydroxyl groups excluding tert-OH is 1. The van der Waals surface area contributed by atoms with Crippen LogP contribution in [0, 0.1) is 0 Å². The standard InChI is InChI=1S/C18H17Cl2N5O/c19-12-5-6-13(20)15(10-12)23-17-11-16(14-4-1-2-7-21-14)24-18(25-17)22-8-3-9-26/h1-2,4-7,10-11,26H,3,8-9H2,(H2,22,23,24,25). The summed E-state index contributed by atoms with van der Waals surface area (Å²) >= 11 is 12.3. The molecule has 0 fully saturated rings. The number of aliphatic hydroxyl groups is 1. The summed E-state index contributed by atoms with van der Waals surface area (Å²) in [5, 5.41) is 16.3. The van der Waals surface area contributed by atoms with Crippen LogP contribution >= 0.6 is 23.2 Å². The molecule has 3 N–H and O–H groups in total. The lowest BCUT2D eigenvalue weighted by atomic mass is 10.2. The summed E-state index contributed by atoms with van der Waals surface area (Å²) in [7, 11) is 0. The van der Waals surface area contributed by atoms with Gasteiger partial charge in [0, 0.05) is 30.4 Å². The minimum absolute atomic E-state index is 0.0934. The molecule has 0 aliphatic heterocycles. The van der Waals surface area contributed by atoms with Crippen molar-refractivity contribution in [1.82, 2.24) is 15.0 Å². The van der Waals surface area contributed by atoms with E-state index in [4.69, 9.17) is 28.3 Å². The smallest absolute Gasteiger partial charge is 0.225 e. The van der Waals surface area contributed by atoms with Gasteiger partial charge < -0.3 is 15.7 Å². The molecule has 0 aliphatic carbocycles. The molecule has 0 saturated heterocycles. The zero-order valence-corrected chi connectivity index (χ0v) is 15.3. The van der Waals surface area contributed by atoms with Gasteiger partial charge in [-0.25, -0.2) is 4.98 Å². The van der Waals surface area contributed by atoms with Gasteiger partial charge in [-0.3, -0.25) is 4.98 Å². The number of aromatic nitrogens is 3. The van der Waals surface area contributed by atoms with E-state index in [1.54, 1.807) is 30.5 Å². The third-order valence-corrected chi connectivity index (χ3v) is 4.03. The number of hydrogen-bond acceptors (Lipinski definition) is 6. The van der Waals surface area contributed by atoms with Crippen molar-refractivity contribution in [2.75, 3.05) is 23.8 Å². The Bertz CT molecular complexity index is 877. The molecule has 0 radical (unpaired) electrons. The fourth-order valence-corrected chi connectivity index (χ4v) is 2.58. The zero-order chi connectivity index (χ0) is 18.4. The lowest BCUT2D eigenvalue weighted by Gasteiger charge is -2.12. The number of rotatable bonds is 7. The van der Waals surface area contributed by atoms with Gasteiger partial charge in [0.2, 0.25) is 5.95 Å². The third kappa shape index (κ3) is 4.82. The maximum atomic E-state index is 8.95. The molecule has 1 aromatic carbocycles. The van der Waals surface area contributed by atoms with Crippen LogP contribution in [0.4, 0.5) is 17.5 Å². The van der Waals surface area contributed by atoms with Crippen LogP contribution in [0.3, 0.4) is 0 Å². The summed E-state index contributed by atoms with van der Waals surface area (Å²) in [5.74, 6) is 0.985. The molecule has 2 heterocycles. The second kappa shape index (κ2) is 8.80. The van der Waals surface area contributed by atoms with Crippen LogP contribution in [0.2, 0.25) is 10.0 Å². The molecule has 0 unspecified atom stereocenters. The van der Waals surface area contributed by atoms with E-state index in [0.717, 1.165) is 5.69 Å². The molecular formula is C18H17Cl2N5O. The number of halogens is 2. The summed E-state index contributed by atoms with van der Waals surface area (Å²) in [6.45, 7) is 0.649. The first-order valence-corrected chi connectivity index (χ1v) is 8.78. The quantitative estimate of drug-likeness (QED) is 0.520. The molecule has 0 spiro atoms. The van der Waals surface area contributed by atoms with Crippen LogP contribution in [0.25, 0.3) is 11.4 Å². The van der Waals surface area contributed by atoms with Crippen molar-refractivity contribution >= 4 is 40.7 Å². The van der Waals surface area contributed by atoms with E-state index in [9.17, 15) is 0 Å². The van der Waals surface area contributed by atoms with Gasteiger partial charge in [0.05, 0.1) is 22.1 Å². The summed E-state index contributed by atoms with van der Waals surface area (Å²) in [5.41, 5.74) is 2.03. The maximum Gasteiger partial charge on any atom is 0.225 e. The molecule has 3 aromatic rings. The Labute approximate surface area is 161 Å². The van der Waals surface area contributed by atoms with E-state index < -0.39 is 0 Å². The predicted molar refractivity (Wildman–Crippen MR) is 105 cm³/mol. The van der Waals surface area contributed by atoms with Crippen LogP contribution in [0.1, 0.15) is 6.42 Å². The molecule has 0 aliphatic rings. The van der Waals surface area contributed by atoms with Crippen LogP contribution in [-0.4, -0.2) is 33.2 Å². The van der Waals surface area contributed by atoms with Crippen LogP contribution < -0.4 is 10.6 Å². The minimum atomic E-state index is 0.0934. The first-order valence-electron chi connectivity index (χ1n) is 8.03. The number of nitrogens with zero attached hydrogens (tertiary/aromatic N) is 3. The fourth-order valence-electron chi connectivity index (χ4n) is 2.25. The van der Waals surface area contributed by atoms with Crippen molar-refractivity contribution in [1.29, 1.82) is 0 Å². The lowest BCUT2D eigenvalue weighted by Crippen LogP contribution is -2.09. The molecule has 6 nitrogen and oxygen atoms in total. The van der Waals surface area contributed by atoms with Crippen LogP contribution in [0.15, 0.2) is 48.7 Å². The van der Waals surface area contributed by atoms with Crippen molar-refractivity contribution in [3.63, 3.8) is 0 Å².